The van der Waals surface area contributed by atoms with Gasteiger partial charge in [-0.15, -0.1) is 23.5 Å². The van der Waals surface area contributed by atoms with E-state index in [0.29, 0.717) is 0 Å². The van der Waals surface area contributed by atoms with Crippen molar-refractivity contribution < 1.29 is 0 Å². The normalized spacial score (nSPS) is 13.8. The van der Waals surface area contributed by atoms with Gasteiger partial charge in [-0.25, -0.2) is 0 Å². The fourth-order valence-corrected chi connectivity index (χ4v) is 7.90. The molecule has 4 aromatic carbocycles. The fourth-order valence-electron chi connectivity index (χ4n) is 3.98. The summed E-state index contributed by atoms with van der Waals surface area (Å²) in [5.41, 5.74) is 1.35. The van der Waals surface area contributed by atoms with Gasteiger partial charge < -0.3 is 0 Å². The maximum Gasteiger partial charge on any atom is 0.0369 e. The lowest BCUT2D eigenvalue weighted by molar-refractivity contribution is 0.513. The summed E-state index contributed by atoms with van der Waals surface area (Å²) in [7, 11) is 0. The number of thioether (sulfide) groups is 3. The highest BCUT2D eigenvalue weighted by Crippen LogP contribution is 2.54. The standard InChI is InChI=1S/C33H34S3/c1-32(2,35-29-20-12-6-13-21-29)33(3,36-30-22-14-7-15-23-30)26-31(34-28-18-10-5-11-19-28)25-24-27-16-8-4-9-17-27/h4-23,25H,24,26H2,1-3H3/b31-25-. The summed E-state index contributed by atoms with van der Waals surface area (Å²) in [6.07, 6.45) is 4.36. The van der Waals surface area contributed by atoms with Crippen LogP contribution in [0.5, 0.6) is 0 Å². The van der Waals surface area contributed by atoms with Crippen molar-refractivity contribution in [2.75, 3.05) is 0 Å². The predicted octanol–water partition coefficient (Wildman–Crippen LogP) is 10.4. The van der Waals surface area contributed by atoms with Crippen molar-refractivity contribution in [3.8, 4) is 0 Å². The maximum absolute atomic E-state index is 2.45. The lowest BCUT2D eigenvalue weighted by Gasteiger charge is -2.44. The first-order chi connectivity index (χ1) is 17.4. The van der Waals surface area contributed by atoms with Gasteiger partial charge in [0.1, 0.15) is 0 Å². The molecule has 0 saturated carbocycles. The van der Waals surface area contributed by atoms with Crippen molar-refractivity contribution in [2.45, 2.75) is 57.8 Å². The van der Waals surface area contributed by atoms with E-state index in [4.69, 9.17) is 0 Å². The van der Waals surface area contributed by atoms with Crippen LogP contribution in [0.15, 0.2) is 147 Å². The summed E-state index contributed by atoms with van der Waals surface area (Å²) in [5.74, 6) is 0. The van der Waals surface area contributed by atoms with E-state index in [1.54, 1.807) is 0 Å². The molecule has 0 aliphatic rings. The molecule has 0 fully saturated rings. The topological polar surface area (TPSA) is 0 Å². The predicted molar refractivity (Wildman–Crippen MR) is 162 cm³/mol. The minimum absolute atomic E-state index is 0.0298. The summed E-state index contributed by atoms with van der Waals surface area (Å²) in [4.78, 5) is 5.33. The molecule has 36 heavy (non-hydrogen) atoms. The monoisotopic (exact) mass is 526 g/mol. The molecule has 4 aromatic rings. The Bertz CT molecular complexity index is 1220. The molecule has 4 rings (SSSR count). The second-order valence-corrected chi connectivity index (χ2v) is 14.0. The Morgan fingerprint density at radius 3 is 1.56 bits per heavy atom. The lowest BCUT2D eigenvalue weighted by Crippen LogP contribution is -2.42. The first-order valence-corrected chi connectivity index (χ1v) is 14.8. The Morgan fingerprint density at radius 2 is 1.03 bits per heavy atom. The Labute approximate surface area is 230 Å². The van der Waals surface area contributed by atoms with Gasteiger partial charge in [0.2, 0.25) is 0 Å². The van der Waals surface area contributed by atoms with E-state index in [1.165, 1.54) is 25.2 Å². The fraction of sp³-hybridized carbons (Fsp3) is 0.212. The van der Waals surface area contributed by atoms with E-state index in [1.807, 2.05) is 35.3 Å². The average Bonchev–Trinajstić information content (AvgIpc) is 2.89. The van der Waals surface area contributed by atoms with Crippen LogP contribution in [0.2, 0.25) is 0 Å². The molecular weight excluding hydrogens is 493 g/mol. The van der Waals surface area contributed by atoms with Crippen LogP contribution < -0.4 is 0 Å². The molecule has 0 N–H and O–H groups in total. The molecule has 1 atom stereocenters. The number of benzene rings is 4. The quantitative estimate of drug-likeness (QED) is 0.178. The molecule has 0 spiro atoms. The second-order valence-electron chi connectivity index (χ2n) is 9.52. The van der Waals surface area contributed by atoms with Crippen molar-refractivity contribution in [3.63, 3.8) is 0 Å². The zero-order valence-electron chi connectivity index (χ0n) is 21.3. The van der Waals surface area contributed by atoms with Gasteiger partial charge in [-0.3, -0.25) is 0 Å². The average molecular weight is 527 g/mol. The van der Waals surface area contributed by atoms with Crippen LogP contribution >= 0.6 is 35.3 Å². The molecule has 0 nitrogen and oxygen atoms in total. The van der Waals surface area contributed by atoms with E-state index in [0.717, 1.165) is 12.8 Å². The van der Waals surface area contributed by atoms with Crippen LogP contribution in [0.25, 0.3) is 0 Å². The highest BCUT2D eigenvalue weighted by molar-refractivity contribution is 8.05. The zero-order valence-corrected chi connectivity index (χ0v) is 23.7. The molecule has 0 aliphatic heterocycles. The smallest absolute Gasteiger partial charge is 0.0369 e. The van der Waals surface area contributed by atoms with Crippen molar-refractivity contribution in [3.05, 3.63) is 138 Å². The summed E-state index contributed by atoms with van der Waals surface area (Å²) < 4.78 is -0.0862. The number of rotatable bonds is 11. The molecule has 0 bridgehead atoms. The van der Waals surface area contributed by atoms with Gasteiger partial charge in [0, 0.05) is 24.2 Å². The van der Waals surface area contributed by atoms with Gasteiger partial charge in [0.25, 0.3) is 0 Å². The molecule has 0 amide bonds. The van der Waals surface area contributed by atoms with Gasteiger partial charge in [0.15, 0.2) is 0 Å². The Kier molecular flexibility index (Phi) is 9.47. The van der Waals surface area contributed by atoms with Crippen molar-refractivity contribution in [2.24, 2.45) is 0 Å². The zero-order chi connectivity index (χ0) is 25.3. The third-order valence-corrected chi connectivity index (χ3v) is 10.7. The van der Waals surface area contributed by atoms with Crippen molar-refractivity contribution in [1.29, 1.82) is 0 Å². The number of hydrogen-bond acceptors (Lipinski definition) is 3. The van der Waals surface area contributed by atoms with Crippen molar-refractivity contribution in [1.82, 2.24) is 0 Å². The molecule has 0 radical (unpaired) electrons. The molecule has 0 saturated heterocycles. The Morgan fingerprint density at radius 1 is 0.583 bits per heavy atom. The van der Waals surface area contributed by atoms with Gasteiger partial charge in [-0.05, 0) is 80.5 Å². The van der Waals surface area contributed by atoms with Gasteiger partial charge in [-0.1, -0.05) is 103 Å². The maximum atomic E-state index is 2.45. The van der Waals surface area contributed by atoms with E-state index in [9.17, 15) is 0 Å². The van der Waals surface area contributed by atoms with E-state index in [-0.39, 0.29) is 9.49 Å². The lowest BCUT2D eigenvalue weighted by atomic mass is 9.91. The summed E-state index contributed by atoms with van der Waals surface area (Å²) in [6.45, 7) is 7.26. The van der Waals surface area contributed by atoms with Gasteiger partial charge in [-0.2, -0.15) is 0 Å². The van der Waals surface area contributed by atoms with E-state index >= 15 is 0 Å². The Balaban J connectivity index is 1.68. The third-order valence-electron chi connectivity index (χ3n) is 6.39. The number of allylic oxidation sites excluding steroid dienone is 2. The van der Waals surface area contributed by atoms with Crippen LogP contribution in [0.3, 0.4) is 0 Å². The molecule has 0 aliphatic carbocycles. The second kappa shape index (κ2) is 12.8. The van der Waals surface area contributed by atoms with Gasteiger partial charge in [0.05, 0.1) is 0 Å². The summed E-state index contributed by atoms with van der Waals surface area (Å²) in [6, 6.07) is 43.2. The largest absolute Gasteiger partial charge is 0.118 e. The van der Waals surface area contributed by atoms with Gasteiger partial charge >= 0.3 is 0 Å². The highest BCUT2D eigenvalue weighted by atomic mass is 32.2. The van der Waals surface area contributed by atoms with Crippen LogP contribution in [0.4, 0.5) is 0 Å². The Hall–Kier alpha value is -2.33. The van der Waals surface area contributed by atoms with E-state index in [2.05, 4.69) is 148 Å². The first kappa shape index (κ1) is 26.7. The number of hydrogen-bond donors (Lipinski definition) is 0. The van der Waals surface area contributed by atoms with Crippen LogP contribution in [0, 0.1) is 0 Å². The third kappa shape index (κ3) is 7.59. The minimum Gasteiger partial charge on any atom is -0.118 e. The SMILES string of the molecule is CC(C)(Sc1ccccc1)C(C)(C/C(=C/Cc1ccccc1)Sc1ccccc1)Sc1ccccc1. The molecule has 184 valence electrons. The van der Waals surface area contributed by atoms with Crippen LogP contribution in [0.1, 0.15) is 32.8 Å². The molecule has 3 heteroatoms. The van der Waals surface area contributed by atoms with Crippen molar-refractivity contribution >= 4 is 35.3 Å². The van der Waals surface area contributed by atoms with Crippen LogP contribution in [-0.4, -0.2) is 9.49 Å². The summed E-state index contributed by atoms with van der Waals surface area (Å²) >= 11 is 5.89. The molecule has 0 aromatic heterocycles. The molecule has 0 heterocycles. The van der Waals surface area contributed by atoms with E-state index < -0.39 is 0 Å². The van der Waals surface area contributed by atoms with Crippen LogP contribution in [-0.2, 0) is 6.42 Å². The first-order valence-electron chi connectivity index (χ1n) is 12.4. The molecular formula is C33H34S3. The highest BCUT2D eigenvalue weighted by Gasteiger charge is 2.43. The molecule has 1 unspecified atom stereocenters. The minimum atomic E-state index is -0.0564. The summed E-state index contributed by atoms with van der Waals surface area (Å²) in [5, 5.41) is 0.